The van der Waals surface area contributed by atoms with E-state index in [1.165, 1.54) is 6.42 Å². The number of unbranched alkanes of at least 4 members (excludes halogenated alkanes) is 1. The summed E-state index contributed by atoms with van der Waals surface area (Å²) in [5.41, 5.74) is -0.0300. The molecule has 0 aromatic carbocycles. The van der Waals surface area contributed by atoms with Crippen LogP contribution in [0.1, 0.15) is 40.0 Å². The normalized spacial score (nSPS) is 12.7. The standard InChI is InChI=1S/C9H15Br2N/c1-4-5-6-8(2,3)9(10,11)7-12/h4-6H2,1-3H3. The van der Waals surface area contributed by atoms with Crippen molar-refractivity contribution in [1.82, 2.24) is 0 Å². The van der Waals surface area contributed by atoms with Gasteiger partial charge in [-0.05, 0) is 6.42 Å². The molecule has 0 aromatic heterocycles. The van der Waals surface area contributed by atoms with E-state index in [0.29, 0.717) is 0 Å². The molecule has 0 rings (SSSR count). The van der Waals surface area contributed by atoms with Gasteiger partial charge in [0.1, 0.15) is 0 Å². The van der Waals surface area contributed by atoms with E-state index < -0.39 is 3.23 Å². The summed E-state index contributed by atoms with van der Waals surface area (Å²) in [5.74, 6) is 0. The Bertz CT molecular complexity index is 179. The van der Waals surface area contributed by atoms with Gasteiger partial charge < -0.3 is 0 Å². The molecule has 0 fully saturated rings. The molecule has 1 nitrogen and oxygen atoms in total. The van der Waals surface area contributed by atoms with Crippen molar-refractivity contribution in [1.29, 1.82) is 5.26 Å². The number of alkyl halides is 2. The van der Waals surface area contributed by atoms with Crippen molar-refractivity contribution in [2.45, 2.75) is 43.3 Å². The fourth-order valence-electron chi connectivity index (χ4n) is 0.927. The van der Waals surface area contributed by atoms with E-state index in [9.17, 15) is 0 Å². The molecule has 3 heteroatoms. The van der Waals surface area contributed by atoms with Gasteiger partial charge in [-0.25, -0.2) is 0 Å². The van der Waals surface area contributed by atoms with Gasteiger partial charge in [-0.3, -0.25) is 0 Å². The van der Waals surface area contributed by atoms with Gasteiger partial charge >= 0.3 is 0 Å². The minimum atomic E-state index is -0.581. The Balaban J connectivity index is 4.30. The molecule has 12 heavy (non-hydrogen) atoms. The molecular weight excluding hydrogens is 282 g/mol. The van der Waals surface area contributed by atoms with Crippen molar-refractivity contribution in [2.24, 2.45) is 5.41 Å². The summed E-state index contributed by atoms with van der Waals surface area (Å²) >= 11 is 6.78. The van der Waals surface area contributed by atoms with E-state index >= 15 is 0 Å². The van der Waals surface area contributed by atoms with Crippen molar-refractivity contribution in [3.05, 3.63) is 0 Å². The van der Waals surface area contributed by atoms with E-state index in [4.69, 9.17) is 5.26 Å². The molecule has 0 atom stereocenters. The lowest BCUT2D eigenvalue weighted by atomic mass is 9.84. The Hall–Kier alpha value is 0.450. The van der Waals surface area contributed by atoms with Gasteiger partial charge in [-0.2, -0.15) is 5.26 Å². The highest BCUT2D eigenvalue weighted by Crippen LogP contribution is 2.46. The highest BCUT2D eigenvalue weighted by molar-refractivity contribution is 9.25. The molecule has 0 amide bonds. The van der Waals surface area contributed by atoms with E-state index in [-0.39, 0.29) is 5.41 Å². The van der Waals surface area contributed by atoms with Crippen LogP contribution < -0.4 is 0 Å². The number of nitriles is 1. The number of halogens is 2. The Labute approximate surface area is 91.8 Å². The molecule has 0 aliphatic carbocycles. The molecule has 0 spiro atoms. The average molecular weight is 297 g/mol. The van der Waals surface area contributed by atoms with Crippen LogP contribution in [0.3, 0.4) is 0 Å². The maximum Gasteiger partial charge on any atom is 0.171 e. The van der Waals surface area contributed by atoms with Crippen molar-refractivity contribution in [2.75, 3.05) is 0 Å². The van der Waals surface area contributed by atoms with Gasteiger partial charge in [0.2, 0.25) is 0 Å². The predicted molar refractivity (Wildman–Crippen MR) is 59.5 cm³/mol. The summed E-state index contributed by atoms with van der Waals surface area (Å²) in [7, 11) is 0. The first kappa shape index (κ1) is 12.4. The molecule has 0 aliphatic heterocycles. The lowest BCUT2D eigenvalue weighted by Gasteiger charge is -2.32. The predicted octanol–water partition coefficient (Wildman–Crippen LogP) is 4.21. The van der Waals surface area contributed by atoms with Crippen molar-refractivity contribution < 1.29 is 0 Å². The number of hydrogen-bond acceptors (Lipinski definition) is 1. The molecule has 0 aliphatic rings. The van der Waals surface area contributed by atoms with E-state index in [1.54, 1.807) is 0 Å². The Morgan fingerprint density at radius 1 is 1.33 bits per heavy atom. The summed E-state index contributed by atoms with van der Waals surface area (Å²) in [5, 5.41) is 8.89. The van der Waals surface area contributed by atoms with Crippen LogP contribution in [-0.4, -0.2) is 3.23 Å². The van der Waals surface area contributed by atoms with Gasteiger partial charge in [-0.1, -0.05) is 65.5 Å². The lowest BCUT2D eigenvalue weighted by molar-refractivity contribution is 0.331. The van der Waals surface area contributed by atoms with Crippen LogP contribution in [0.25, 0.3) is 0 Å². The average Bonchev–Trinajstić information content (AvgIpc) is 2.00. The van der Waals surface area contributed by atoms with Crippen LogP contribution in [-0.2, 0) is 0 Å². The molecule has 0 radical (unpaired) electrons. The van der Waals surface area contributed by atoms with Crippen LogP contribution >= 0.6 is 31.9 Å². The molecule has 0 saturated heterocycles. The quantitative estimate of drug-likeness (QED) is 0.713. The lowest BCUT2D eigenvalue weighted by Crippen LogP contribution is -2.31. The molecule has 0 N–H and O–H groups in total. The molecule has 0 saturated carbocycles. The highest BCUT2D eigenvalue weighted by Gasteiger charge is 2.40. The smallest absolute Gasteiger partial charge is 0.171 e. The second kappa shape index (κ2) is 4.62. The van der Waals surface area contributed by atoms with Gasteiger partial charge in [0, 0.05) is 5.41 Å². The molecular formula is C9H15Br2N. The van der Waals surface area contributed by atoms with Gasteiger partial charge in [-0.15, -0.1) is 0 Å². The van der Waals surface area contributed by atoms with Crippen LogP contribution in [0.4, 0.5) is 0 Å². The summed E-state index contributed by atoms with van der Waals surface area (Å²) in [6.07, 6.45) is 3.38. The second-order valence-electron chi connectivity index (χ2n) is 3.67. The highest BCUT2D eigenvalue weighted by atomic mass is 79.9. The van der Waals surface area contributed by atoms with E-state index in [2.05, 4.69) is 58.7 Å². The van der Waals surface area contributed by atoms with Gasteiger partial charge in [0.05, 0.1) is 6.07 Å². The van der Waals surface area contributed by atoms with Crippen molar-refractivity contribution >= 4 is 31.9 Å². The van der Waals surface area contributed by atoms with E-state index in [0.717, 1.165) is 12.8 Å². The van der Waals surface area contributed by atoms with Crippen LogP contribution in [0, 0.1) is 16.7 Å². The second-order valence-corrected chi connectivity index (χ2v) is 7.12. The zero-order valence-electron chi connectivity index (χ0n) is 7.82. The third kappa shape index (κ3) is 3.06. The summed E-state index contributed by atoms with van der Waals surface area (Å²) in [6.45, 7) is 6.34. The number of hydrogen-bond donors (Lipinski definition) is 0. The molecule has 0 bridgehead atoms. The SMILES string of the molecule is CCCCC(C)(C)C(Br)(Br)C#N. The molecule has 0 unspecified atom stereocenters. The fraction of sp³-hybridized carbons (Fsp3) is 0.889. The Morgan fingerprint density at radius 2 is 1.83 bits per heavy atom. The van der Waals surface area contributed by atoms with Crippen LogP contribution in [0.15, 0.2) is 0 Å². The van der Waals surface area contributed by atoms with E-state index in [1.807, 2.05) is 0 Å². The summed E-state index contributed by atoms with van der Waals surface area (Å²) in [4.78, 5) is 0. The van der Waals surface area contributed by atoms with Gasteiger partial charge in [0.25, 0.3) is 0 Å². The maximum atomic E-state index is 8.89. The first-order valence-corrected chi connectivity index (χ1v) is 5.75. The Kier molecular flexibility index (Phi) is 4.79. The molecule has 70 valence electrons. The van der Waals surface area contributed by atoms with Crippen LogP contribution in [0.2, 0.25) is 0 Å². The maximum absolute atomic E-state index is 8.89. The Morgan fingerprint density at radius 3 is 2.17 bits per heavy atom. The number of rotatable bonds is 4. The minimum absolute atomic E-state index is 0.0300. The van der Waals surface area contributed by atoms with Crippen molar-refractivity contribution in [3.63, 3.8) is 0 Å². The minimum Gasteiger partial charge on any atom is -0.196 e. The third-order valence-corrected chi connectivity index (χ3v) is 4.65. The third-order valence-electron chi connectivity index (χ3n) is 2.15. The largest absolute Gasteiger partial charge is 0.196 e. The molecule has 0 heterocycles. The summed E-state index contributed by atoms with van der Waals surface area (Å²) in [6, 6.07) is 2.22. The summed E-state index contributed by atoms with van der Waals surface area (Å²) < 4.78 is -0.581. The topological polar surface area (TPSA) is 23.8 Å². The monoisotopic (exact) mass is 295 g/mol. The first-order valence-electron chi connectivity index (χ1n) is 4.16. The van der Waals surface area contributed by atoms with Gasteiger partial charge in [0.15, 0.2) is 3.23 Å². The first-order chi connectivity index (χ1) is 5.37. The van der Waals surface area contributed by atoms with Crippen molar-refractivity contribution in [3.8, 4) is 6.07 Å². The van der Waals surface area contributed by atoms with Crippen LogP contribution in [0.5, 0.6) is 0 Å². The fourth-order valence-corrected chi connectivity index (χ4v) is 1.32. The zero-order chi connectivity index (χ0) is 9.83. The zero-order valence-corrected chi connectivity index (χ0v) is 11.0. The number of nitrogens with zero attached hydrogens (tertiary/aromatic N) is 1. The molecule has 0 aromatic rings.